The van der Waals surface area contributed by atoms with Crippen LogP contribution < -0.4 is 10.1 Å². The van der Waals surface area contributed by atoms with Crippen LogP contribution in [0, 0.1) is 11.3 Å². The van der Waals surface area contributed by atoms with Crippen LogP contribution in [0.25, 0.3) is 0 Å². The lowest BCUT2D eigenvalue weighted by atomic mass is 9.71. The molecule has 2 aliphatic carbocycles. The summed E-state index contributed by atoms with van der Waals surface area (Å²) < 4.78 is 6.06. The van der Waals surface area contributed by atoms with Gasteiger partial charge in [-0.2, -0.15) is 0 Å². The van der Waals surface area contributed by atoms with Gasteiger partial charge in [-0.25, -0.2) is 4.98 Å². The van der Waals surface area contributed by atoms with Crippen LogP contribution in [0.3, 0.4) is 0 Å². The Morgan fingerprint density at radius 2 is 2.05 bits per heavy atom. The smallest absolute Gasteiger partial charge is 0.232 e. The molecule has 2 atom stereocenters. The van der Waals surface area contributed by atoms with Crippen LogP contribution in [0.2, 0.25) is 0 Å². The molecule has 0 radical (unpaired) electrons. The highest BCUT2D eigenvalue weighted by Gasteiger charge is 2.33. The third-order valence-electron chi connectivity index (χ3n) is 4.46. The van der Waals surface area contributed by atoms with Gasteiger partial charge in [-0.05, 0) is 43.4 Å². The molecule has 0 saturated heterocycles. The summed E-state index contributed by atoms with van der Waals surface area (Å²) in [6.45, 7) is 7.79. The summed E-state index contributed by atoms with van der Waals surface area (Å²) in [6.07, 6.45) is 9.98. The first-order valence-electron chi connectivity index (χ1n) is 8.21. The summed E-state index contributed by atoms with van der Waals surface area (Å²) in [4.78, 5) is 8.87. The third-order valence-corrected chi connectivity index (χ3v) is 4.46. The van der Waals surface area contributed by atoms with Crippen LogP contribution in [-0.2, 0) is 6.54 Å². The van der Waals surface area contributed by atoms with Crippen molar-refractivity contribution in [2.45, 2.75) is 71.6 Å². The quantitative estimate of drug-likeness (QED) is 0.903. The monoisotopic (exact) mass is 289 g/mol. The van der Waals surface area contributed by atoms with E-state index in [2.05, 4.69) is 36.1 Å². The molecule has 1 aromatic rings. The molecule has 2 unspecified atom stereocenters. The number of hydrogen-bond acceptors (Lipinski definition) is 4. The molecule has 0 spiro atoms. The molecule has 1 heterocycles. The molecule has 116 valence electrons. The van der Waals surface area contributed by atoms with Gasteiger partial charge in [0.15, 0.2) is 0 Å². The second-order valence-electron chi connectivity index (χ2n) is 7.65. The fourth-order valence-electron chi connectivity index (χ4n) is 3.55. The van der Waals surface area contributed by atoms with Gasteiger partial charge in [-0.3, -0.25) is 4.98 Å². The molecule has 2 fully saturated rings. The normalized spacial score (nSPS) is 28.3. The first-order valence-corrected chi connectivity index (χ1v) is 8.21. The van der Waals surface area contributed by atoms with E-state index < -0.39 is 0 Å². The van der Waals surface area contributed by atoms with Gasteiger partial charge in [-0.1, -0.05) is 20.8 Å². The van der Waals surface area contributed by atoms with Gasteiger partial charge in [0.2, 0.25) is 5.88 Å². The van der Waals surface area contributed by atoms with Gasteiger partial charge in [0.1, 0.15) is 6.10 Å². The van der Waals surface area contributed by atoms with E-state index in [4.69, 9.17) is 4.74 Å². The van der Waals surface area contributed by atoms with E-state index in [0.717, 1.165) is 25.1 Å². The Balaban J connectivity index is 1.54. The lowest BCUT2D eigenvalue weighted by Crippen LogP contribution is -2.34. The fraction of sp³-hybridized carbons (Fsp3) is 0.765. The summed E-state index contributed by atoms with van der Waals surface area (Å²) in [7, 11) is 0. The maximum Gasteiger partial charge on any atom is 0.232 e. The van der Waals surface area contributed by atoms with Crippen LogP contribution in [0.1, 0.15) is 58.6 Å². The van der Waals surface area contributed by atoms with Crippen molar-refractivity contribution in [3.05, 3.63) is 18.1 Å². The SMILES string of the molecule is CC1CC(Oc2cnc(CNC3CC3)cn2)CC(C)(C)C1. The predicted molar refractivity (Wildman–Crippen MR) is 83.1 cm³/mol. The number of rotatable bonds is 5. The van der Waals surface area contributed by atoms with E-state index in [-0.39, 0.29) is 6.10 Å². The largest absolute Gasteiger partial charge is 0.473 e. The van der Waals surface area contributed by atoms with Gasteiger partial charge in [-0.15, -0.1) is 0 Å². The minimum atomic E-state index is 0.272. The third kappa shape index (κ3) is 4.40. The number of nitrogens with one attached hydrogen (secondary N) is 1. The van der Waals surface area contributed by atoms with Crippen molar-refractivity contribution >= 4 is 0 Å². The summed E-state index contributed by atoms with van der Waals surface area (Å²) in [6, 6.07) is 0.702. The standard InChI is InChI=1S/C17H27N3O/c1-12-6-15(8-17(2,3)7-12)21-16-11-19-14(10-20-16)9-18-13-4-5-13/h10-13,15,18H,4-9H2,1-3H3. The first kappa shape index (κ1) is 14.8. The van der Waals surface area contributed by atoms with E-state index in [1.807, 2.05) is 6.20 Å². The van der Waals surface area contributed by atoms with E-state index in [1.54, 1.807) is 6.20 Å². The highest BCUT2D eigenvalue weighted by Crippen LogP contribution is 2.39. The Labute approximate surface area is 127 Å². The number of nitrogens with zero attached hydrogens (tertiary/aromatic N) is 2. The molecule has 4 nitrogen and oxygen atoms in total. The van der Waals surface area contributed by atoms with Crippen molar-refractivity contribution in [1.82, 2.24) is 15.3 Å². The van der Waals surface area contributed by atoms with Crippen LogP contribution >= 0.6 is 0 Å². The van der Waals surface area contributed by atoms with E-state index in [9.17, 15) is 0 Å². The van der Waals surface area contributed by atoms with Gasteiger partial charge in [0, 0.05) is 12.6 Å². The number of ether oxygens (including phenoxy) is 1. The first-order chi connectivity index (χ1) is 10.00. The topological polar surface area (TPSA) is 47.0 Å². The highest BCUT2D eigenvalue weighted by molar-refractivity contribution is 5.08. The second kappa shape index (κ2) is 5.91. The van der Waals surface area contributed by atoms with Crippen LogP contribution in [0.15, 0.2) is 12.4 Å². The van der Waals surface area contributed by atoms with Crippen molar-refractivity contribution in [1.29, 1.82) is 0 Å². The van der Waals surface area contributed by atoms with Crippen molar-refractivity contribution in [3.8, 4) is 5.88 Å². The van der Waals surface area contributed by atoms with Crippen molar-refractivity contribution in [3.63, 3.8) is 0 Å². The van der Waals surface area contributed by atoms with Crippen LogP contribution in [-0.4, -0.2) is 22.1 Å². The van der Waals surface area contributed by atoms with E-state index in [1.165, 1.54) is 19.3 Å². The molecular weight excluding hydrogens is 262 g/mol. The summed E-state index contributed by atoms with van der Waals surface area (Å²) in [5.41, 5.74) is 1.36. The summed E-state index contributed by atoms with van der Waals surface area (Å²) in [5, 5.41) is 3.45. The zero-order valence-electron chi connectivity index (χ0n) is 13.4. The lowest BCUT2D eigenvalue weighted by molar-refractivity contribution is 0.0529. The van der Waals surface area contributed by atoms with Crippen molar-refractivity contribution < 1.29 is 4.74 Å². The molecule has 1 N–H and O–H groups in total. The summed E-state index contributed by atoms with van der Waals surface area (Å²) in [5.74, 6) is 1.38. The highest BCUT2D eigenvalue weighted by atomic mass is 16.5. The minimum Gasteiger partial charge on any atom is -0.473 e. The molecule has 4 heteroatoms. The maximum absolute atomic E-state index is 6.06. The van der Waals surface area contributed by atoms with Crippen LogP contribution in [0.5, 0.6) is 5.88 Å². The molecule has 2 saturated carbocycles. The zero-order chi connectivity index (χ0) is 14.9. The molecule has 21 heavy (non-hydrogen) atoms. The number of aromatic nitrogens is 2. The second-order valence-corrected chi connectivity index (χ2v) is 7.65. The van der Waals surface area contributed by atoms with Crippen LogP contribution in [0.4, 0.5) is 0 Å². The molecule has 0 bridgehead atoms. The molecule has 0 amide bonds. The van der Waals surface area contributed by atoms with Crippen molar-refractivity contribution in [2.24, 2.45) is 11.3 Å². The Morgan fingerprint density at radius 1 is 1.24 bits per heavy atom. The zero-order valence-corrected chi connectivity index (χ0v) is 13.4. The average molecular weight is 289 g/mol. The number of hydrogen-bond donors (Lipinski definition) is 1. The van der Waals surface area contributed by atoms with Gasteiger partial charge < -0.3 is 10.1 Å². The Bertz CT molecular complexity index is 467. The minimum absolute atomic E-state index is 0.272. The molecule has 3 rings (SSSR count). The fourth-order valence-corrected chi connectivity index (χ4v) is 3.55. The van der Waals surface area contributed by atoms with E-state index >= 15 is 0 Å². The molecule has 1 aromatic heterocycles. The molecule has 0 aromatic carbocycles. The van der Waals surface area contributed by atoms with E-state index in [0.29, 0.717) is 23.3 Å². The lowest BCUT2D eigenvalue weighted by Gasteiger charge is -2.38. The Kier molecular flexibility index (Phi) is 4.16. The predicted octanol–water partition coefficient (Wildman–Crippen LogP) is 3.32. The molecule has 0 aliphatic heterocycles. The van der Waals surface area contributed by atoms with Gasteiger partial charge in [0.05, 0.1) is 18.1 Å². The molecular formula is C17H27N3O. The summed E-state index contributed by atoms with van der Waals surface area (Å²) >= 11 is 0. The van der Waals surface area contributed by atoms with Gasteiger partial charge in [0.25, 0.3) is 0 Å². The average Bonchev–Trinajstić information content (AvgIpc) is 3.19. The van der Waals surface area contributed by atoms with Gasteiger partial charge >= 0.3 is 0 Å². The Hall–Kier alpha value is -1.16. The molecule has 2 aliphatic rings. The van der Waals surface area contributed by atoms with Crippen molar-refractivity contribution in [2.75, 3.05) is 0 Å². The maximum atomic E-state index is 6.06. The Morgan fingerprint density at radius 3 is 2.67 bits per heavy atom.